The minimum atomic E-state index is -0.430. The largest absolute Gasteiger partial charge is 0.360 e. The number of halogens is 1. The molecule has 0 aliphatic rings. The molecule has 0 unspecified atom stereocenters. The second-order valence-electron chi connectivity index (χ2n) is 4.54. The van der Waals surface area contributed by atoms with Gasteiger partial charge in [-0.3, -0.25) is 9.59 Å². The Morgan fingerprint density at radius 1 is 1.10 bits per heavy atom. The normalized spacial score (nSPS) is 10.5. The number of fused-ring (bicyclic) bond motifs is 1. The lowest BCUT2D eigenvalue weighted by Crippen LogP contribution is -2.21. The molecule has 0 radical (unpaired) electrons. The van der Waals surface area contributed by atoms with E-state index in [2.05, 4.69) is 26.2 Å². The zero-order chi connectivity index (χ0) is 14.8. The van der Waals surface area contributed by atoms with E-state index in [1.807, 2.05) is 18.2 Å². The number of pyridine rings is 1. The highest BCUT2D eigenvalue weighted by Gasteiger charge is 2.13. The first-order chi connectivity index (χ1) is 10.1. The van der Waals surface area contributed by atoms with Crippen LogP contribution in [0.4, 0.5) is 5.69 Å². The maximum Gasteiger partial charge on any atom is 0.261 e. The van der Waals surface area contributed by atoms with Crippen LogP contribution in [-0.2, 0) is 0 Å². The lowest BCUT2D eigenvalue weighted by atomic mass is 10.1. The summed E-state index contributed by atoms with van der Waals surface area (Å²) in [4.78, 5) is 27.5. The Labute approximate surface area is 128 Å². The fourth-order valence-corrected chi connectivity index (χ4v) is 2.50. The SMILES string of the molecule is O=C(Nc1cccc(Br)c1)c1c[nH]c2ccccc2c1=O. The molecule has 21 heavy (non-hydrogen) atoms. The molecular formula is C16H11BrN2O2. The zero-order valence-electron chi connectivity index (χ0n) is 10.9. The molecule has 4 nitrogen and oxygen atoms in total. The van der Waals surface area contributed by atoms with Crippen LogP contribution in [0.1, 0.15) is 10.4 Å². The molecule has 1 heterocycles. The van der Waals surface area contributed by atoms with Crippen LogP contribution < -0.4 is 10.7 Å². The van der Waals surface area contributed by atoms with E-state index in [0.717, 1.165) is 4.47 Å². The van der Waals surface area contributed by atoms with E-state index in [4.69, 9.17) is 0 Å². The average molecular weight is 343 g/mol. The molecule has 0 saturated heterocycles. The molecule has 3 aromatic rings. The third-order valence-corrected chi connectivity index (χ3v) is 3.61. The number of carbonyl (C=O) groups excluding carboxylic acids is 1. The van der Waals surface area contributed by atoms with Crippen molar-refractivity contribution in [2.45, 2.75) is 0 Å². The fourth-order valence-electron chi connectivity index (χ4n) is 2.10. The molecule has 0 spiro atoms. The number of para-hydroxylation sites is 1. The van der Waals surface area contributed by atoms with Gasteiger partial charge in [0.2, 0.25) is 5.43 Å². The zero-order valence-corrected chi connectivity index (χ0v) is 12.5. The van der Waals surface area contributed by atoms with Crippen LogP contribution in [-0.4, -0.2) is 10.9 Å². The number of benzene rings is 2. The standard InChI is InChI=1S/C16H11BrN2O2/c17-10-4-3-5-11(8-10)19-16(21)13-9-18-14-7-2-1-6-12(14)15(13)20/h1-9H,(H,18,20)(H,19,21). The van der Waals surface area contributed by atoms with Crippen LogP contribution in [0.15, 0.2) is 64.0 Å². The minimum absolute atomic E-state index is 0.0914. The number of hydrogen-bond acceptors (Lipinski definition) is 2. The quantitative estimate of drug-likeness (QED) is 0.748. The van der Waals surface area contributed by atoms with E-state index in [-0.39, 0.29) is 11.0 Å². The molecule has 104 valence electrons. The third-order valence-electron chi connectivity index (χ3n) is 3.12. The molecule has 0 saturated carbocycles. The number of anilines is 1. The Morgan fingerprint density at radius 3 is 2.71 bits per heavy atom. The van der Waals surface area contributed by atoms with Gasteiger partial charge in [-0.2, -0.15) is 0 Å². The van der Waals surface area contributed by atoms with Crippen LogP contribution >= 0.6 is 15.9 Å². The van der Waals surface area contributed by atoms with Gasteiger partial charge in [-0.15, -0.1) is 0 Å². The van der Waals surface area contributed by atoms with Crippen molar-refractivity contribution in [2.24, 2.45) is 0 Å². The van der Waals surface area contributed by atoms with Crippen molar-refractivity contribution in [3.8, 4) is 0 Å². The monoisotopic (exact) mass is 342 g/mol. The van der Waals surface area contributed by atoms with Crippen molar-refractivity contribution in [2.75, 3.05) is 5.32 Å². The van der Waals surface area contributed by atoms with Gasteiger partial charge in [0.25, 0.3) is 5.91 Å². The van der Waals surface area contributed by atoms with Gasteiger partial charge in [0.1, 0.15) is 5.56 Å². The second-order valence-corrected chi connectivity index (χ2v) is 5.46. The van der Waals surface area contributed by atoms with Crippen molar-refractivity contribution in [1.82, 2.24) is 4.98 Å². The maximum absolute atomic E-state index is 12.3. The summed E-state index contributed by atoms with van der Waals surface area (Å²) in [5.74, 6) is -0.430. The Morgan fingerprint density at radius 2 is 1.90 bits per heavy atom. The van der Waals surface area contributed by atoms with Gasteiger partial charge < -0.3 is 10.3 Å². The average Bonchev–Trinajstić information content (AvgIpc) is 2.48. The van der Waals surface area contributed by atoms with E-state index < -0.39 is 5.91 Å². The van der Waals surface area contributed by atoms with Gasteiger partial charge in [0, 0.05) is 27.3 Å². The summed E-state index contributed by atoms with van der Waals surface area (Å²) in [5.41, 5.74) is 1.15. The van der Waals surface area contributed by atoms with Crippen molar-refractivity contribution < 1.29 is 4.79 Å². The van der Waals surface area contributed by atoms with E-state index >= 15 is 0 Å². The van der Waals surface area contributed by atoms with E-state index in [1.54, 1.807) is 30.3 Å². The first-order valence-electron chi connectivity index (χ1n) is 6.32. The van der Waals surface area contributed by atoms with Gasteiger partial charge in [0.15, 0.2) is 0 Å². The number of carbonyl (C=O) groups is 1. The number of aromatic amines is 1. The predicted octanol–water partition coefficient (Wildman–Crippen LogP) is 3.54. The number of hydrogen-bond donors (Lipinski definition) is 2. The molecule has 0 bridgehead atoms. The van der Waals surface area contributed by atoms with Gasteiger partial charge in [0.05, 0.1) is 0 Å². The Kier molecular flexibility index (Phi) is 3.58. The summed E-state index contributed by atoms with van der Waals surface area (Å²) < 4.78 is 0.854. The highest BCUT2D eigenvalue weighted by Crippen LogP contribution is 2.16. The van der Waals surface area contributed by atoms with Crippen LogP contribution in [0.5, 0.6) is 0 Å². The summed E-state index contributed by atoms with van der Waals surface area (Å²) >= 11 is 3.34. The predicted molar refractivity (Wildman–Crippen MR) is 86.7 cm³/mol. The van der Waals surface area contributed by atoms with E-state index in [0.29, 0.717) is 16.6 Å². The molecule has 5 heteroatoms. The molecule has 0 fully saturated rings. The molecule has 0 aliphatic heterocycles. The first-order valence-corrected chi connectivity index (χ1v) is 7.12. The Bertz CT molecular complexity index is 887. The smallest absolute Gasteiger partial charge is 0.261 e. The molecule has 1 aromatic heterocycles. The molecular weight excluding hydrogens is 332 g/mol. The van der Waals surface area contributed by atoms with E-state index in [1.165, 1.54) is 6.20 Å². The van der Waals surface area contributed by atoms with Gasteiger partial charge in [-0.1, -0.05) is 34.1 Å². The Balaban J connectivity index is 1.99. The number of aromatic nitrogens is 1. The van der Waals surface area contributed by atoms with Crippen molar-refractivity contribution in [3.63, 3.8) is 0 Å². The molecule has 3 rings (SSSR count). The van der Waals surface area contributed by atoms with Crippen LogP contribution in [0, 0.1) is 0 Å². The lowest BCUT2D eigenvalue weighted by Gasteiger charge is -2.06. The number of rotatable bonds is 2. The van der Waals surface area contributed by atoms with E-state index in [9.17, 15) is 9.59 Å². The number of H-pyrrole nitrogens is 1. The second kappa shape index (κ2) is 5.54. The molecule has 2 N–H and O–H groups in total. The van der Waals surface area contributed by atoms with Crippen LogP contribution in [0.25, 0.3) is 10.9 Å². The van der Waals surface area contributed by atoms with Crippen molar-refractivity contribution in [1.29, 1.82) is 0 Å². The third kappa shape index (κ3) is 2.73. The summed E-state index contributed by atoms with van der Waals surface area (Å²) in [6.45, 7) is 0. The highest BCUT2D eigenvalue weighted by atomic mass is 79.9. The topological polar surface area (TPSA) is 62.0 Å². The lowest BCUT2D eigenvalue weighted by molar-refractivity contribution is 0.102. The van der Waals surface area contributed by atoms with Crippen LogP contribution in [0.2, 0.25) is 0 Å². The highest BCUT2D eigenvalue weighted by molar-refractivity contribution is 9.10. The van der Waals surface area contributed by atoms with Crippen molar-refractivity contribution in [3.05, 3.63) is 75.0 Å². The van der Waals surface area contributed by atoms with Crippen molar-refractivity contribution >= 4 is 38.4 Å². The maximum atomic E-state index is 12.3. The summed E-state index contributed by atoms with van der Waals surface area (Å²) in [6, 6.07) is 14.3. The summed E-state index contributed by atoms with van der Waals surface area (Å²) in [6.07, 6.45) is 1.44. The minimum Gasteiger partial charge on any atom is -0.360 e. The van der Waals surface area contributed by atoms with Gasteiger partial charge in [-0.25, -0.2) is 0 Å². The molecule has 1 amide bonds. The van der Waals surface area contributed by atoms with Crippen LogP contribution in [0.3, 0.4) is 0 Å². The summed E-state index contributed by atoms with van der Waals surface area (Å²) in [7, 11) is 0. The van der Waals surface area contributed by atoms with Gasteiger partial charge >= 0.3 is 0 Å². The molecule has 2 aromatic carbocycles. The summed E-state index contributed by atoms with van der Waals surface area (Å²) in [5, 5.41) is 3.22. The van der Waals surface area contributed by atoms with Gasteiger partial charge in [-0.05, 0) is 30.3 Å². The molecule has 0 atom stereocenters. The Hall–Kier alpha value is -2.40. The molecule has 0 aliphatic carbocycles. The number of nitrogens with one attached hydrogen (secondary N) is 2. The first kappa shape index (κ1) is 13.6. The fraction of sp³-hybridized carbons (Fsp3) is 0. The number of amides is 1.